The van der Waals surface area contributed by atoms with Gasteiger partial charge < -0.3 is 5.73 Å². The molecule has 23 heavy (non-hydrogen) atoms. The van der Waals surface area contributed by atoms with Gasteiger partial charge in [-0.15, -0.1) is 0 Å². The van der Waals surface area contributed by atoms with Gasteiger partial charge in [-0.05, 0) is 37.1 Å². The summed E-state index contributed by atoms with van der Waals surface area (Å²) in [5, 5.41) is 9.40. The summed E-state index contributed by atoms with van der Waals surface area (Å²) in [6.45, 7) is 3.67. The van der Waals surface area contributed by atoms with Crippen molar-refractivity contribution in [3.8, 4) is 0 Å². The van der Waals surface area contributed by atoms with Gasteiger partial charge in [-0.2, -0.15) is 10.2 Å². The number of nitrogens with two attached hydrogens (primary N) is 1. The van der Waals surface area contributed by atoms with E-state index in [1.807, 2.05) is 49.4 Å². The molecule has 2 aromatic carbocycles. The predicted molar refractivity (Wildman–Crippen MR) is 100 cm³/mol. The molecule has 0 unspecified atom stereocenters. The van der Waals surface area contributed by atoms with Gasteiger partial charge in [0.2, 0.25) is 0 Å². The number of nitrogens with zero attached hydrogens (tertiary/aromatic N) is 2. The molecule has 118 valence electrons. The summed E-state index contributed by atoms with van der Waals surface area (Å²) in [5.74, 6) is 0. The van der Waals surface area contributed by atoms with Crippen LogP contribution in [0.15, 0.2) is 69.8 Å². The molecule has 0 aliphatic rings. The fourth-order valence-electron chi connectivity index (χ4n) is 1.88. The summed E-state index contributed by atoms with van der Waals surface area (Å²) in [5.41, 5.74) is 9.68. The van der Waals surface area contributed by atoms with Crippen LogP contribution in [0.25, 0.3) is 5.70 Å². The summed E-state index contributed by atoms with van der Waals surface area (Å²) in [6, 6.07) is 17.0. The minimum absolute atomic E-state index is 0.372. The number of rotatable bonds is 4. The van der Waals surface area contributed by atoms with Gasteiger partial charge in [-0.3, -0.25) is 0 Å². The second kappa shape index (κ2) is 7.95. The van der Waals surface area contributed by atoms with Gasteiger partial charge in [-0.25, -0.2) is 0 Å². The second-order valence-corrected chi connectivity index (χ2v) is 5.79. The molecule has 0 heterocycles. The largest absolute Gasteiger partial charge is 0.397 e. The van der Waals surface area contributed by atoms with E-state index < -0.39 is 0 Å². The lowest BCUT2D eigenvalue weighted by atomic mass is 10.1. The third-order valence-corrected chi connectivity index (χ3v) is 3.98. The maximum atomic E-state index is 6.31. The van der Waals surface area contributed by atoms with Gasteiger partial charge in [0.15, 0.2) is 0 Å². The van der Waals surface area contributed by atoms with Crippen LogP contribution in [0.1, 0.15) is 25.0 Å². The summed E-state index contributed by atoms with van der Waals surface area (Å²) in [6.07, 6.45) is 0. The zero-order valence-electron chi connectivity index (χ0n) is 12.9. The fraction of sp³-hybridized carbons (Fsp3) is 0.111. The smallest absolute Gasteiger partial charge is 0.0872 e. The average Bonchev–Trinajstić information content (AvgIpc) is 2.59. The number of hydrogen-bond donors (Lipinski definition) is 1. The van der Waals surface area contributed by atoms with Gasteiger partial charge in [0.25, 0.3) is 0 Å². The van der Waals surface area contributed by atoms with Gasteiger partial charge in [0, 0.05) is 5.02 Å². The van der Waals surface area contributed by atoms with E-state index in [2.05, 4.69) is 10.2 Å². The standard InChI is InChI=1S/C18H17Cl2N3/c1-12(14-6-4-3-5-7-14)22-23-13(2)17(20)18(21)15-8-10-16(19)11-9-15/h3-11H,21H2,1-2H3/b18-17+,22-12-,23-13-. The Morgan fingerprint density at radius 1 is 0.870 bits per heavy atom. The van der Waals surface area contributed by atoms with Gasteiger partial charge >= 0.3 is 0 Å². The second-order valence-electron chi connectivity index (χ2n) is 4.97. The van der Waals surface area contributed by atoms with Crippen molar-refractivity contribution < 1.29 is 0 Å². The summed E-state index contributed by atoms with van der Waals surface area (Å²) >= 11 is 12.2. The summed E-state index contributed by atoms with van der Waals surface area (Å²) < 4.78 is 0. The summed E-state index contributed by atoms with van der Waals surface area (Å²) in [7, 11) is 0. The zero-order chi connectivity index (χ0) is 16.8. The number of allylic oxidation sites excluding steroid dienone is 1. The highest BCUT2D eigenvalue weighted by Gasteiger charge is 2.07. The predicted octanol–water partition coefficient (Wildman–Crippen LogP) is 5.09. The number of halogens is 2. The van der Waals surface area contributed by atoms with Crippen LogP contribution in [-0.4, -0.2) is 11.4 Å². The van der Waals surface area contributed by atoms with E-state index in [0.29, 0.717) is 21.5 Å². The Morgan fingerprint density at radius 3 is 2.09 bits per heavy atom. The van der Waals surface area contributed by atoms with Crippen molar-refractivity contribution in [1.29, 1.82) is 0 Å². The number of benzene rings is 2. The molecular formula is C18H17Cl2N3. The first-order valence-electron chi connectivity index (χ1n) is 7.05. The molecule has 0 spiro atoms. The molecule has 0 saturated carbocycles. The van der Waals surface area contributed by atoms with Gasteiger partial charge in [-0.1, -0.05) is 65.7 Å². The Kier molecular flexibility index (Phi) is 5.97. The van der Waals surface area contributed by atoms with E-state index in [0.717, 1.165) is 16.8 Å². The third kappa shape index (κ3) is 4.68. The van der Waals surface area contributed by atoms with Crippen LogP contribution in [0.3, 0.4) is 0 Å². The molecular weight excluding hydrogens is 329 g/mol. The highest BCUT2D eigenvalue weighted by molar-refractivity contribution is 6.46. The minimum atomic E-state index is 0.372. The SMILES string of the molecule is CC(=N/N=C(/C)c1ccccc1)/C(Cl)=C(\N)c1ccc(Cl)cc1. The van der Waals surface area contributed by atoms with Crippen LogP contribution in [0.2, 0.25) is 5.02 Å². The molecule has 0 fully saturated rings. The van der Waals surface area contributed by atoms with Crippen molar-refractivity contribution in [2.45, 2.75) is 13.8 Å². The molecule has 0 aliphatic carbocycles. The van der Waals surface area contributed by atoms with Crippen molar-refractivity contribution in [2.75, 3.05) is 0 Å². The van der Waals surface area contributed by atoms with Crippen LogP contribution in [0.4, 0.5) is 0 Å². The normalized spacial score (nSPS) is 13.7. The van der Waals surface area contributed by atoms with Crippen molar-refractivity contribution >= 4 is 40.3 Å². The van der Waals surface area contributed by atoms with E-state index in [4.69, 9.17) is 28.9 Å². The first-order valence-corrected chi connectivity index (χ1v) is 7.80. The van der Waals surface area contributed by atoms with E-state index in [9.17, 15) is 0 Å². The molecule has 5 heteroatoms. The Labute approximate surface area is 146 Å². The van der Waals surface area contributed by atoms with E-state index in [1.165, 1.54) is 0 Å². The Bertz CT molecular complexity index is 761. The quantitative estimate of drug-likeness (QED) is 0.608. The Hall–Kier alpha value is -2.10. The minimum Gasteiger partial charge on any atom is -0.397 e. The van der Waals surface area contributed by atoms with Crippen molar-refractivity contribution in [1.82, 2.24) is 0 Å². The molecule has 0 aliphatic heterocycles. The van der Waals surface area contributed by atoms with E-state index in [-0.39, 0.29) is 0 Å². The monoisotopic (exact) mass is 345 g/mol. The molecule has 0 saturated heterocycles. The molecule has 3 nitrogen and oxygen atoms in total. The van der Waals surface area contributed by atoms with E-state index >= 15 is 0 Å². The van der Waals surface area contributed by atoms with Crippen LogP contribution in [-0.2, 0) is 0 Å². The first-order chi connectivity index (χ1) is 11.0. The molecule has 2 aromatic rings. The van der Waals surface area contributed by atoms with Crippen LogP contribution < -0.4 is 5.73 Å². The lowest BCUT2D eigenvalue weighted by Crippen LogP contribution is -2.04. The van der Waals surface area contributed by atoms with E-state index in [1.54, 1.807) is 19.1 Å². The Balaban J connectivity index is 2.26. The molecule has 0 radical (unpaired) electrons. The fourth-order valence-corrected chi connectivity index (χ4v) is 2.15. The van der Waals surface area contributed by atoms with Crippen molar-refractivity contribution in [3.63, 3.8) is 0 Å². The highest BCUT2D eigenvalue weighted by atomic mass is 35.5. The highest BCUT2D eigenvalue weighted by Crippen LogP contribution is 2.20. The van der Waals surface area contributed by atoms with Crippen molar-refractivity contribution in [3.05, 3.63) is 75.8 Å². The van der Waals surface area contributed by atoms with Gasteiger partial charge in [0.1, 0.15) is 0 Å². The molecule has 0 amide bonds. The number of hydrogen-bond acceptors (Lipinski definition) is 3. The van der Waals surface area contributed by atoms with Crippen LogP contribution >= 0.6 is 23.2 Å². The third-order valence-electron chi connectivity index (χ3n) is 3.25. The zero-order valence-corrected chi connectivity index (χ0v) is 14.4. The van der Waals surface area contributed by atoms with Gasteiger partial charge in [0.05, 0.1) is 22.2 Å². The first kappa shape index (κ1) is 17.3. The molecule has 0 atom stereocenters. The maximum Gasteiger partial charge on any atom is 0.0872 e. The van der Waals surface area contributed by atoms with Crippen LogP contribution in [0, 0.1) is 0 Å². The lowest BCUT2D eigenvalue weighted by Gasteiger charge is -2.05. The Morgan fingerprint density at radius 2 is 1.48 bits per heavy atom. The van der Waals surface area contributed by atoms with Crippen LogP contribution in [0.5, 0.6) is 0 Å². The lowest BCUT2D eigenvalue weighted by molar-refractivity contribution is 1.22. The molecule has 0 bridgehead atoms. The molecule has 0 aromatic heterocycles. The molecule has 2 rings (SSSR count). The topological polar surface area (TPSA) is 50.7 Å². The average molecular weight is 346 g/mol. The summed E-state index contributed by atoms with van der Waals surface area (Å²) in [4.78, 5) is 0. The van der Waals surface area contributed by atoms with Crippen molar-refractivity contribution in [2.24, 2.45) is 15.9 Å². The maximum absolute atomic E-state index is 6.31. The molecule has 2 N–H and O–H groups in total.